The van der Waals surface area contributed by atoms with Gasteiger partial charge in [-0.15, -0.1) is 0 Å². The van der Waals surface area contributed by atoms with Crippen LogP contribution < -0.4 is 0 Å². The molecule has 0 unspecified atom stereocenters. The average Bonchev–Trinajstić information content (AvgIpc) is 2.29. The lowest BCUT2D eigenvalue weighted by Crippen LogP contribution is -2.02. The van der Waals surface area contributed by atoms with Crippen molar-refractivity contribution in [3.63, 3.8) is 0 Å². The van der Waals surface area contributed by atoms with Gasteiger partial charge in [-0.25, -0.2) is 4.79 Å². The van der Waals surface area contributed by atoms with E-state index in [0.29, 0.717) is 16.1 Å². The highest BCUT2D eigenvalue weighted by molar-refractivity contribution is 6.32. The lowest BCUT2D eigenvalue weighted by atomic mass is 10.1. The van der Waals surface area contributed by atoms with Crippen molar-refractivity contribution in [2.75, 3.05) is 7.11 Å². The van der Waals surface area contributed by atoms with E-state index in [9.17, 15) is 4.79 Å². The van der Waals surface area contributed by atoms with Gasteiger partial charge in [0.15, 0.2) is 0 Å². The average molecular weight is 236 g/mol. The number of hydrogen-bond acceptors (Lipinski definition) is 3. The molecule has 1 aromatic heterocycles. The quantitative estimate of drug-likeness (QED) is 0.714. The Hall–Kier alpha value is -1.61. The molecule has 0 atom stereocenters. The molecule has 2 rings (SSSR count). The van der Waals surface area contributed by atoms with Crippen LogP contribution in [0.3, 0.4) is 0 Å². The number of rotatable bonds is 1. The van der Waals surface area contributed by atoms with Crippen LogP contribution in [0.1, 0.15) is 15.9 Å². The second-order valence-electron chi connectivity index (χ2n) is 3.47. The van der Waals surface area contributed by atoms with E-state index in [2.05, 4.69) is 4.98 Å². The highest BCUT2D eigenvalue weighted by atomic mass is 35.5. The zero-order valence-electron chi connectivity index (χ0n) is 8.95. The second-order valence-corrected chi connectivity index (χ2v) is 3.88. The van der Waals surface area contributed by atoms with Gasteiger partial charge in [-0.05, 0) is 30.7 Å². The van der Waals surface area contributed by atoms with Gasteiger partial charge in [0.05, 0.1) is 18.2 Å². The minimum Gasteiger partial charge on any atom is -0.465 e. The summed E-state index contributed by atoms with van der Waals surface area (Å²) in [5, 5.41) is 1.40. The largest absolute Gasteiger partial charge is 0.465 e. The van der Waals surface area contributed by atoms with E-state index in [1.165, 1.54) is 7.11 Å². The topological polar surface area (TPSA) is 39.2 Å². The number of carbonyl (C=O) groups excluding carboxylic acids is 1. The predicted molar refractivity (Wildman–Crippen MR) is 62.8 cm³/mol. The molecule has 1 aromatic carbocycles. The maximum atomic E-state index is 11.5. The molecule has 0 amide bonds. The van der Waals surface area contributed by atoms with Crippen LogP contribution in [0.25, 0.3) is 10.9 Å². The van der Waals surface area contributed by atoms with Crippen LogP contribution in [0.5, 0.6) is 0 Å². The number of aryl methyl sites for hydroxylation is 1. The highest BCUT2D eigenvalue weighted by Gasteiger charge is 2.11. The van der Waals surface area contributed by atoms with Crippen molar-refractivity contribution in [1.82, 2.24) is 4.98 Å². The number of hydrogen-bond donors (Lipinski definition) is 0. The number of esters is 1. The Bertz CT molecular complexity index is 566. The molecule has 0 spiro atoms. The van der Waals surface area contributed by atoms with E-state index in [1.54, 1.807) is 18.3 Å². The normalized spacial score (nSPS) is 10.4. The number of fused-ring (bicyclic) bond motifs is 1. The lowest BCUT2D eigenvalue weighted by molar-refractivity contribution is 0.0603. The van der Waals surface area contributed by atoms with Gasteiger partial charge < -0.3 is 4.74 Å². The Morgan fingerprint density at radius 3 is 2.88 bits per heavy atom. The number of benzene rings is 1. The lowest BCUT2D eigenvalue weighted by Gasteiger charge is -2.06. The summed E-state index contributed by atoms with van der Waals surface area (Å²) in [5.41, 5.74) is 2.11. The maximum absolute atomic E-state index is 11.5. The third-order valence-electron chi connectivity index (χ3n) is 2.43. The summed E-state index contributed by atoms with van der Waals surface area (Å²) >= 11 is 6.00. The molecule has 4 heteroatoms. The molecular formula is C12H10ClNO2. The number of aromatic nitrogens is 1. The van der Waals surface area contributed by atoms with Crippen molar-refractivity contribution in [3.05, 3.63) is 40.5 Å². The van der Waals surface area contributed by atoms with Crippen LogP contribution in [0.15, 0.2) is 24.4 Å². The zero-order valence-corrected chi connectivity index (χ0v) is 9.71. The van der Waals surface area contributed by atoms with Crippen LogP contribution in [0, 0.1) is 6.92 Å². The van der Waals surface area contributed by atoms with Gasteiger partial charge in [0.1, 0.15) is 0 Å². The van der Waals surface area contributed by atoms with Crippen molar-refractivity contribution in [2.24, 2.45) is 0 Å². The van der Waals surface area contributed by atoms with Gasteiger partial charge in [0.2, 0.25) is 0 Å². The first-order chi connectivity index (χ1) is 7.63. The molecule has 0 bridgehead atoms. The molecule has 0 aliphatic rings. The smallest absolute Gasteiger partial charge is 0.338 e. The van der Waals surface area contributed by atoms with Crippen LogP contribution in [0.2, 0.25) is 5.02 Å². The molecule has 0 fully saturated rings. The van der Waals surface area contributed by atoms with Gasteiger partial charge in [0.25, 0.3) is 0 Å². The van der Waals surface area contributed by atoms with Crippen LogP contribution >= 0.6 is 11.6 Å². The summed E-state index contributed by atoms with van der Waals surface area (Å²) in [5.74, 6) is -0.367. The summed E-state index contributed by atoms with van der Waals surface area (Å²) in [4.78, 5) is 15.7. The third kappa shape index (κ3) is 1.74. The van der Waals surface area contributed by atoms with E-state index in [4.69, 9.17) is 16.3 Å². The maximum Gasteiger partial charge on any atom is 0.338 e. The Labute approximate surface area is 98.0 Å². The molecule has 16 heavy (non-hydrogen) atoms. The summed E-state index contributed by atoms with van der Waals surface area (Å²) < 4.78 is 4.71. The molecule has 2 aromatic rings. The number of nitrogens with zero attached hydrogens (tertiary/aromatic N) is 1. The Morgan fingerprint density at radius 2 is 2.19 bits per heavy atom. The summed E-state index contributed by atoms with van der Waals surface area (Å²) in [6.45, 7) is 1.88. The number of methoxy groups -OCH3 is 1. The Kier molecular flexibility index (Phi) is 2.79. The van der Waals surface area contributed by atoms with Crippen LogP contribution in [-0.4, -0.2) is 18.1 Å². The molecule has 0 aliphatic carbocycles. The molecule has 1 heterocycles. The van der Waals surface area contributed by atoms with E-state index in [1.807, 2.05) is 13.0 Å². The number of ether oxygens (including phenoxy) is 1. The monoisotopic (exact) mass is 235 g/mol. The van der Waals surface area contributed by atoms with Gasteiger partial charge >= 0.3 is 5.97 Å². The van der Waals surface area contributed by atoms with Gasteiger partial charge in [-0.3, -0.25) is 4.98 Å². The fourth-order valence-electron chi connectivity index (χ4n) is 1.56. The minimum absolute atomic E-state index is 0.367. The molecule has 0 saturated carbocycles. The molecule has 0 N–H and O–H groups in total. The third-order valence-corrected chi connectivity index (χ3v) is 2.83. The standard InChI is InChI=1S/C12H10ClNO2/c1-7-5-9-8(12(15)16-2)3-4-14-11(9)6-10(7)13/h3-6H,1-2H3. The first-order valence-electron chi connectivity index (χ1n) is 4.76. The van der Waals surface area contributed by atoms with Gasteiger partial charge in [0, 0.05) is 16.6 Å². The van der Waals surface area contributed by atoms with E-state index in [0.717, 1.165) is 10.9 Å². The molecule has 0 saturated heterocycles. The van der Waals surface area contributed by atoms with Crippen LogP contribution in [0.4, 0.5) is 0 Å². The first kappa shape index (κ1) is 10.9. The van der Waals surface area contributed by atoms with Gasteiger partial charge in [-0.2, -0.15) is 0 Å². The number of halogens is 1. The summed E-state index contributed by atoms with van der Waals surface area (Å²) in [6.07, 6.45) is 1.57. The predicted octanol–water partition coefficient (Wildman–Crippen LogP) is 2.98. The Balaban J connectivity index is 2.77. The van der Waals surface area contributed by atoms with E-state index in [-0.39, 0.29) is 5.97 Å². The van der Waals surface area contributed by atoms with Crippen LogP contribution in [-0.2, 0) is 4.74 Å². The van der Waals surface area contributed by atoms with Crippen molar-refractivity contribution < 1.29 is 9.53 Å². The number of carbonyl (C=O) groups is 1. The highest BCUT2D eigenvalue weighted by Crippen LogP contribution is 2.24. The van der Waals surface area contributed by atoms with Crippen molar-refractivity contribution >= 4 is 28.5 Å². The minimum atomic E-state index is -0.367. The first-order valence-corrected chi connectivity index (χ1v) is 5.14. The van der Waals surface area contributed by atoms with Crippen molar-refractivity contribution in [3.8, 4) is 0 Å². The molecule has 3 nitrogen and oxygen atoms in total. The fourth-order valence-corrected chi connectivity index (χ4v) is 1.72. The second kappa shape index (κ2) is 4.10. The Morgan fingerprint density at radius 1 is 1.44 bits per heavy atom. The molecule has 82 valence electrons. The summed E-state index contributed by atoms with van der Waals surface area (Å²) in [7, 11) is 1.36. The molecule has 0 aliphatic heterocycles. The van der Waals surface area contributed by atoms with Gasteiger partial charge in [-0.1, -0.05) is 11.6 Å². The van der Waals surface area contributed by atoms with Crippen molar-refractivity contribution in [1.29, 1.82) is 0 Å². The number of pyridine rings is 1. The molecular weight excluding hydrogens is 226 g/mol. The van der Waals surface area contributed by atoms with E-state index >= 15 is 0 Å². The SMILES string of the molecule is COC(=O)c1ccnc2cc(Cl)c(C)cc12. The fraction of sp³-hybridized carbons (Fsp3) is 0.167. The zero-order chi connectivity index (χ0) is 11.7. The van der Waals surface area contributed by atoms with Crippen molar-refractivity contribution in [2.45, 2.75) is 6.92 Å². The van der Waals surface area contributed by atoms with E-state index < -0.39 is 0 Å². The molecule has 0 radical (unpaired) electrons. The summed E-state index contributed by atoms with van der Waals surface area (Å²) in [6, 6.07) is 5.23.